The number of alkyl halides is 2. The fraction of sp³-hybridized carbons (Fsp3) is 0.500. The van der Waals surface area contributed by atoms with E-state index in [1.807, 2.05) is 12.1 Å². The highest BCUT2D eigenvalue weighted by atomic mass is 19.3. The maximum absolute atomic E-state index is 14.2. The third-order valence-electron chi connectivity index (χ3n) is 4.67. The number of allylic oxidation sites excluding steroid dienone is 2. The minimum absolute atomic E-state index is 0.133. The van der Waals surface area contributed by atoms with Crippen molar-refractivity contribution >= 4 is 11.7 Å². The number of nitrogens with zero attached hydrogens (tertiary/aromatic N) is 1. The van der Waals surface area contributed by atoms with Crippen LogP contribution >= 0.6 is 0 Å². The lowest BCUT2D eigenvalue weighted by Crippen LogP contribution is -2.33. The zero-order chi connectivity index (χ0) is 16.6. The molecule has 1 aliphatic heterocycles. The molecule has 5 heteroatoms. The predicted molar refractivity (Wildman–Crippen MR) is 84.7 cm³/mol. The standard InChI is InChI=1S/C18H21F2NO2/c1-3-15-16-13(11-18(15,19)20)6-5-12-7-9-21(10-8-14(12)16)17(22)23-4-2/h3,5-6H,4,7-11H2,1-2H3/b15-3+. The van der Waals surface area contributed by atoms with Gasteiger partial charge in [0.25, 0.3) is 5.92 Å². The first-order valence-electron chi connectivity index (χ1n) is 8.08. The minimum Gasteiger partial charge on any atom is -0.450 e. The number of carbonyl (C=O) groups excluding carboxylic acids is 1. The predicted octanol–water partition coefficient (Wildman–Crippen LogP) is 3.84. The lowest BCUT2D eigenvalue weighted by molar-refractivity contribution is 0.0740. The topological polar surface area (TPSA) is 29.5 Å². The molecular formula is C18H21F2NO2. The van der Waals surface area contributed by atoms with Crippen molar-refractivity contribution < 1.29 is 18.3 Å². The zero-order valence-corrected chi connectivity index (χ0v) is 13.5. The van der Waals surface area contributed by atoms with Crippen LogP contribution in [0.2, 0.25) is 0 Å². The number of hydrogen-bond acceptors (Lipinski definition) is 2. The quantitative estimate of drug-likeness (QED) is 0.786. The molecule has 0 atom stereocenters. The number of halogens is 2. The van der Waals surface area contributed by atoms with E-state index in [4.69, 9.17) is 4.74 Å². The van der Waals surface area contributed by atoms with Gasteiger partial charge in [0.1, 0.15) is 0 Å². The molecule has 0 saturated carbocycles. The SMILES string of the molecule is C/C=C1\c2c(ccc3c2CCN(C(=O)OCC)CC3)CC1(F)F. The number of hydrogen-bond donors (Lipinski definition) is 0. The Morgan fingerprint density at radius 3 is 2.70 bits per heavy atom. The van der Waals surface area contributed by atoms with E-state index in [-0.39, 0.29) is 18.1 Å². The summed E-state index contributed by atoms with van der Waals surface area (Å²) in [7, 11) is 0. The summed E-state index contributed by atoms with van der Waals surface area (Å²) in [6, 6.07) is 3.76. The van der Waals surface area contributed by atoms with Crippen LogP contribution in [0.3, 0.4) is 0 Å². The Bertz CT molecular complexity index is 667. The molecule has 1 aromatic carbocycles. The van der Waals surface area contributed by atoms with E-state index in [1.165, 1.54) is 6.08 Å². The lowest BCUT2D eigenvalue weighted by atomic mass is 9.92. The van der Waals surface area contributed by atoms with Crippen molar-refractivity contribution in [2.24, 2.45) is 0 Å². The summed E-state index contributed by atoms with van der Waals surface area (Å²) >= 11 is 0. The molecular weight excluding hydrogens is 300 g/mol. The molecule has 1 heterocycles. The molecule has 1 aromatic rings. The van der Waals surface area contributed by atoms with Crippen LogP contribution in [-0.2, 0) is 24.0 Å². The number of rotatable bonds is 1. The van der Waals surface area contributed by atoms with Crippen molar-refractivity contribution in [1.29, 1.82) is 0 Å². The molecule has 0 fully saturated rings. The van der Waals surface area contributed by atoms with Gasteiger partial charge in [-0.3, -0.25) is 0 Å². The molecule has 23 heavy (non-hydrogen) atoms. The van der Waals surface area contributed by atoms with Gasteiger partial charge >= 0.3 is 6.09 Å². The van der Waals surface area contributed by atoms with E-state index >= 15 is 0 Å². The van der Waals surface area contributed by atoms with Gasteiger partial charge in [0.15, 0.2) is 0 Å². The van der Waals surface area contributed by atoms with Crippen LogP contribution in [0.25, 0.3) is 5.57 Å². The first-order valence-corrected chi connectivity index (χ1v) is 8.08. The molecule has 1 amide bonds. The number of benzene rings is 1. The van der Waals surface area contributed by atoms with Crippen molar-refractivity contribution in [3.63, 3.8) is 0 Å². The molecule has 2 aliphatic rings. The third kappa shape index (κ3) is 2.73. The van der Waals surface area contributed by atoms with Gasteiger partial charge in [-0.05, 0) is 48.9 Å². The van der Waals surface area contributed by atoms with E-state index in [2.05, 4.69) is 0 Å². The molecule has 1 aliphatic carbocycles. The second-order valence-electron chi connectivity index (χ2n) is 6.01. The molecule has 3 rings (SSSR count). The molecule has 0 aromatic heterocycles. The van der Waals surface area contributed by atoms with E-state index < -0.39 is 5.92 Å². The highest BCUT2D eigenvalue weighted by Crippen LogP contribution is 2.46. The van der Waals surface area contributed by atoms with Gasteiger partial charge in [-0.15, -0.1) is 0 Å². The van der Waals surface area contributed by atoms with E-state index in [0.717, 1.165) is 11.1 Å². The third-order valence-corrected chi connectivity index (χ3v) is 4.67. The van der Waals surface area contributed by atoms with Crippen LogP contribution in [0.1, 0.15) is 36.1 Å². The number of fused-ring (bicyclic) bond motifs is 3. The minimum atomic E-state index is -2.79. The fourth-order valence-corrected chi connectivity index (χ4v) is 3.63. The molecule has 0 N–H and O–H groups in total. The second-order valence-corrected chi connectivity index (χ2v) is 6.01. The van der Waals surface area contributed by atoms with Gasteiger partial charge in [-0.2, -0.15) is 0 Å². The highest BCUT2D eigenvalue weighted by molar-refractivity contribution is 5.81. The molecule has 0 bridgehead atoms. The Morgan fingerprint density at radius 1 is 1.30 bits per heavy atom. The Morgan fingerprint density at radius 2 is 2.00 bits per heavy atom. The van der Waals surface area contributed by atoms with Gasteiger partial charge in [0, 0.05) is 25.1 Å². The Hall–Kier alpha value is -1.91. The van der Waals surface area contributed by atoms with Crippen molar-refractivity contribution in [3.05, 3.63) is 40.5 Å². The first kappa shape index (κ1) is 16.0. The van der Waals surface area contributed by atoms with E-state index in [9.17, 15) is 13.6 Å². The summed E-state index contributed by atoms with van der Waals surface area (Å²) in [5, 5.41) is 0. The van der Waals surface area contributed by atoms with E-state index in [0.29, 0.717) is 43.7 Å². The van der Waals surface area contributed by atoms with Crippen molar-refractivity contribution in [2.45, 2.75) is 39.0 Å². The number of ether oxygens (including phenoxy) is 1. The Labute approximate surface area is 134 Å². The molecule has 0 radical (unpaired) electrons. The number of carbonyl (C=O) groups is 1. The maximum atomic E-state index is 14.2. The maximum Gasteiger partial charge on any atom is 0.409 e. The smallest absolute Gasteiger partial charge is 0.409 e. The van der Waals surface area contributed by atoms with Crippen LogP contribution in [-0.4, -0.2) is 36.6 Å². The largest absolute Gasteiger partial charge is 0.450 e. The Kier molecular flexibility index (Phi) is 4.13. The average Bonchev–Trinajstić information content (AvgIpc) is 2.65. The second kappa shape index (κ2) is 5.95. The van der Waals surface area contributed by atoms with Crippen LogP contribution in [0.15, 0.2) is 18.2 Å². The zero-order valence-electron chi connectivity index (χ0n) is 13.5. The summed E-state index contributed by atoms with van der Waals surface area (Å²) < 4.78 is 33.5. The normalized spacial score (nSPS) is 20.9. The van der Waals surface area contributed by atoms with E-state index in [1.54, 1.807) is 18.7 Å². The summed E-state index contributed by atoms with van der Waals surface area (Å²) in [4.78, 5) is 13.6. The lowest BCUT2D eigenvalue weighted by Gasteiger charge is -2.19. The molecule has 0 spiro atoms. The van der Waals surface area contributed by atoms with Crippen LogP contribution in [0.5, 0.6) is 0 Å². The summed E-state index contributed by atoms with van der Waals surface area (Å²) in [6.07, 6.45) is 2.24. The van der Waals surface area contributed by atoms with Crippen molar-refractivity contribution in [2.75, 3.05) is 19.7 Å². The summed E-state index contributed by atoms with van der Waals surface area (Å²) in [5.74, 6) is -2.79. The van der Waals surface area contributed by atoms with Gasteiger partial charge in [-0.1, -0.05) is 18.2 Å². The van der Waals surface area contributed by atoms with Crippen LogP contribution < -0.4 is 0 Å². The fourth-order valence-electron chi connectivity index (χ4n) is 3.63. The monoisotopic (exact) mass is 321 g/mol. The molecule has 3 nitrogen and oxygen atoms in total. The van der Waals surface area contributed by atoms with Crippen LogP contribution in [0, 0.1) is 0 Å². The van der Waals surface area contributed by atoms with Gasteiger partial charge in [0.05, 0.1) is 6.61 Å². The van der Waals surface area contributed by atoms with Crippen molar-refractivity contribution in [1.82, 2.24) is 4.90 Å². The summed E-state index contributed by atoms with van der Waals surface area (Å²) in [6.45, 7) is 4.85. The molecule has 124 valence electrons. The highest BCUT2D eigenvalue weighted by Gasteiger charge is 2.43. The molecule has 0 unspecified atom stereocenters. The van der Waals surface area contributed by atoms with Gasteiger partial charge in [0.2, 0.25) is 0 Å². The van der Waals surface area contributed by atoms with Crippen molar-refractivity contribution in [3.8, 4) is 0 Å². The average molecular weight is 321 g/mol. The first-order chi connectivity index (χ1) is 11.0. The van der Waals surface area contributed by atoms with Crippen LogP contribution in [0.4, 0.5) is 13.6 Å². The number of amides is 1. The Balaban J connectivity index is 1.95. The van der Waals surface area contributed by atoms with Gasteiger partial charge in [-0.25, -0.2) is 13.6 Å². The summed E-state index contributed by atoms with van der Waals surface area (Å²) in [5.41, 5.74) is 3.59. The van der Waals surface area contributed by atoms with Gasteiger partial charge < -0.3 is 9.64 Å². The molecule has 0 saturated heterocycles.